The van der Waals surface area contributed by atoms with Gasteiger partial charge in [-0.05, 0) is 6.92 Å². The Morgan fingerprint density at radius 2 is 0.690 bits per heavy atom. The van der Waals surface area contributed by atoms with E-state index in [1.165, 1.54) is 0 Å². The monoisotopic (exact) mass is 1680 g/mol. The van der Waals surface area contributed by atoms with Gasteiger partial charge in [0.15, 0.2) is 62.7 Å². The van der Waals surface area contributed by atoms with E-state index in [1.807, 2.05) is 0 Å². The molecule has 45 atom stereocenters. The van der Waals surface area contributed by atoms with Gasteiger partial charge in [0.05, 0.1) is 52.4 Å². The summed E-state index contributed by atoms with van der Waals surface area (Å²) in [6.07, 6.45) is -93.9. The molecular weight excluding hydrogens is 1580 g/mol. The summed E-state index contributed by atoms with van der Waals surface area (Å²) in [4.78, 5) is 50.6. The molecule has 9 aliphatic heterocycles. The molecule has 28 N–H and O–H groups in total. The van der Waals surface area contributed by atoms with Crippen LogP contribution in [0.25, 0.3) is 0 Å². The van der Waals surface area contributed by atoms with Crippen LogP contribution in [0.3, 0.4) is 0 Å². The molecule has 9 aliphatic rings. The van der Waals surface area contributed by atoms with Crippen molar-refractivity contribution in [3.05, 3.63) is 0 Å². The summed E-state index contributed by atoms with van der Waals surface area (Å²) >= 11 is 0. The quantitative estimate of drug-likeness (QED) is 0.0309. The summed E-state index contributed by atoms with van der Waals surface area (Å²) in [5, 5.41) is 275. The van der Waals surface area contributed by atoms with Crippen molar-refractivity contribution in [1.29, 1.82) is 0 Å². The number of ether oxygens (including phenoxy) is 17. The lowest BCUT2D eigenvalue weighted by molar-refractivity contribution is -0.420. The van der Waals surface area contributed by atoms with Crippen LogP contribution in [-0.4, -0.2) is 482 Å². The fourth-order valence-electron chi connectivity index (χ4n) is 14.1. The molecule has 0 aromatic carbocycles. The highest BCUT2D eigenvalue weighted by Crippen LogP contribution is 2.42. The first-order valence-corrected chi connectivity index (χ1v) is 36.5. The van der Waals surface area contributed by atoms with E-state index < -0.39 is 357 Å². The predicted molar refractivity (Wildman–Crippen MR) is 341 cm³/mol. The van der Waals surface area contributed by atoms with Gasteiger partial charge in [-0.2, -0.15) is 8.42 Å². The fraction of sp³-hybridized carbons (Fsp3) is 0.933. The van der Waals surface area contributed by atoms with Crippen LogP contribution in [0.1, 0.15) is 27.7 Å². The van der Waals surface area contributed by atoms with E-state index in [4.69, 9.17) is 80.5 Å². The Balaban J connectivity index is 1.11. The summed E-state index contributed by atoms with van der Waals surface area (Å²) in [5.74, 6) is -4.82. The van der Waals surface area contributed by atoms with Crippen molar-refractivity contribution in [3.63, 3.8) is 0 Å². The summed E-state index contributed by atoms with van der Waals surface area (Å²) < 4.78 is 138. The van der Waals surface area contributed by atoms with Crippen LogP contribution in [0.15, 0.2) is 0 Å². The van der Waals surface area contributed by atoms with Crippen LogP contribution in [-0.2, 0) is 114 Å². The maximum atomic E-state index is 13.1. The highest BCUT2D eigenvalue weighted by atomic mass is 32.3. The molecule has 9 rings (SSSR count). The van der Waals surface area contributed by atoms with Crippen molar-refractivity contribution in [2.45, 2.75) is 304 Å². The average molecular weight is 1680 g/mol. The molecule has 0 aromatic heterocycles. The molecule has 9 saturated heterocycles. The Kier molecular flexibility index (Phi) is 32.6. The lowest BCUT2D eigenvalue weighted by atomic mass is 9.93. The number of aliphatic carboxylic acids is 1. The number of nitrogens with one attached hydrogen (secondary N) is 3. The summed E-state index contributed by atoms with van der Waals surface area (Å²) in [5.41, 5.74) is 0. The third kappa shape index (κ3) is 21.0. The predicted octanol–water partition coefficient (Wildman–Crippen LogP) is -19.2. The number of hydrogen-bond acceptors (Lipinski definition) is 47. The third-order valence-electron chi connectivity index (χ3n) is 20.1. The molecule has 52 nitrogen and oxygen atoms in total. The Bertz CT molecular complexity index is 3180. The number of carboxylic acid groups (broad SMARTS) is 1. The van der Waals surface area contributed by atoms with E-state index in [1.54, 1.807) is 0 Å². The first kappa shape index (κ1) is 93.0. The number of aliphatic hydroxyl groups excluding tert-OH is 23. The molecule has 654 valence electrons. The van der Waals surface area contributed by atoms with Gasteiger partial charge in [0, 0.05) is 20.8 Å². The summed E-state index contributed by atoms with van der Waals surface area (Å²) in [6.45, 7) is -4.54. The average Bonchev–Trinajstić information content (AvgIpc) is 0.750. The van der Waals surface area contributed by atoms with Crippen LogP contribution >= 0.6 is 0 Å². The van der Waals surface area contributed by atoms with E-state index in [-0.39, 0.29) is 0 Å². The van der Waals surface area contributed by atoms with Crippen LogP contribution in [0.4, 0.5) is 0 Å². The zero-order valence-corrected chi connectivity index (χ0v) is 60.6. The molecular formula is C60H99N3O49S. The van der Waals surface area contributed by atoms with Crippen LogP contribution in [0, 0.1) is 0 Å². The SMILES string of the molecule is CC(=O)N[C@H]1[C@H](OC[C@H]2OC(O)[C@H](NC(C)=O)[C@@H](O[C@@H]3O[C@H](CO)[C@H](O[C@@H]4O[C@H](CO)[C@H](O[C@H]5O[C@H](CO)[C@H](O)[C@H](O[C@@H]6O[C@H](CO)[C@H](O)[C@H](O)[C@H]6O)[C@H]5NC(C)=O)[C@H](O)[C@H]4O)[C@H](O[C@@H]4O[C@H](CO)[C@H](O)[C@H](O[C@@H]5O[C@H](C(=O)O)[C@@H](O)[C@H](O)[C@H]5O)[C@H]4O)[C@H]3O[C@@H]3O[C@@H](C)[C@@H](O)[C@@H](O)[C@@H]3O)[C@H]2O)O[C@H](COS(=O)(=O)O)[C@@H](O)[C@@H]1O. The highest BCUT2D eigenvalue weighted by Gasteiger charge is 2.62. The molecule has 9 heterocycles. The molecule has 3 amide bonds. The standard InChI is InChI=1S/C60H99N3O49S/c1-12-26(72)33(79)38(84)55(97-12)112-50-49(111-59-42(88)47(30(76)18(7-66)101-59)109-58-40(86)35(81)36(82)48(110-58)51(89)90)44(106-57-41(87)37(83)43(19(8-67)102-57)105-54-25(63-15(4)71)46(29(75)17(6-65)99-54)107-56-39(85)34(80)27(73)16(5-64)100-56)20(9-68)103-60(50)108-45-24(62-14(3)70)52(91)98-21(31(45)77)10-95-53-23(61-13(2)69)32(78)28(74)22(104-53)11-96-113(92,93)94/h12,16-50,52-60,64-68,72-88,91H,5-11H2,1-4H3,(H,61,69)(H,62,70)(H,63,71)(H,89,90)(H,92,93,94)/t12-,16+,17+,18+,19+,20+,21+,22+,23+,24+,25+,26+,27-,28+,29-,30-,31-,32+,33+,34-,35-,36-,37+,38-,39+,40+,41+,42+,43-,44-,45+,46+,47-,48-,49-,50+,52?,53+,54+,55-,56-,57-,58+,59-,60-/m0/s1. The number of carbonyl (C=O) groups excluding carboxylic acids is 3. The second kappa shape index (κ2) is 39.6. The van der Waals surface area contributed by atoms with Gasteiger partial charge in [0.25, 0.3) is 0 Å². The number of carbonyl (C=O) groups is 4. The second-order valence-electron chi connectivity index (χ2n) is 28.0. The van der Waals surface area contributed by atoms with E-state index in [0.29, 0.717) is 0 Å². The minimum absolute atomic E-state index is 0.884. The maximum Gasteiger partial charge on any atom is 0.397 e. The molecule has 0 bridgehead atoms. The van der Waals surface area contributed by atoms with E-state index in [2.05, 4.69) is 20.1 Å². The Hall–Kier alpha value is -3.85. The van der Waals surface area contributed by atoms with Gasteiger partial charge < -0.3 is 219 Å². The number of aliphatic hydroxyl groups is 23. The second-order valence-corrected chi connectivity index (χ2v) is 29.1. The van der Waals surface area contributed by atoms with Gasteiger partial charge >= 0.3 is 16.4 Å². The number of amides is 3. The first-order chi connectivity index (χ1) is 53.1. The molecule has 1 unspecified atom stereocenters. The smallest absolute Gasteiger partial charge is 0.397 e. The number of carboxylic acids is 1. The van der Waals surface area contributed by atoms with Crippen LogP contribution in [0.2, 0.25) is 0 Å². The van der Waals surface area contributed by atoms with Gasteiger partial charge in [-0.1, -0.05) is 0 Å². The molecule has 0 radical (unpaired) electrons. The van der Waals surface area contributed by atoms with Crippen LogP contribution in [0.5, 0.6) is 0 Å². The molecule has 0 saturated carbocycles. The van der Waals surface area contributed by atoms with Gasteiger partial charge in [-0.15, -0.1) is 0 Å². The topological polar surface area (TPSA) is 810 Å². The number of rotatable bonds is 29. The minimum atomic E-state index is -5.25. The Morgan fingerprint density at radius 1 is 0.319 bits per heavy atom. The largest absolute Gasteiger partial charge is 0.479 e. The van der Waals surface area contributed by atoms with Crippen molar-refractivity contribution in [1.82, 2.24) is 16.0 Å². The highest BCUT2D eigenvalue weighted by molar-refractivity contribution is 7.80. The molecule has 0 spiro atoms. The molecule has 53 heteroatoms. The summed E-state index contributed by atoms with van der Waals surface area (Å²) in [6, 6.07) is -5.74. The van der Waals surface area contributed by atoms with Gasteiger partial charge in [-0.3, -0.25) is 18.9 Å². The van der Waals surface area contributed by atoms with E-state index in [9.17, 15) is 155 Å². The van der Waals surface area contributed by atoms with Crippen LogP contribution < -0.4 is 16.0 Å². The Labute approximate surface area is 637 Å². The molecule has 0 aromatic rings. The van der Waals surface area contributed by atoms with Gasteiger partial charge in [0.1, 0.15) is 207 Å². The lowest BCUT2D eigenvalue weighted by Crippen LogP contribution is -2.71. The lowest BCUT2D eigenvalue weighted by Gasteiger charge is -2.53. The maximum absolute atomic E-state index is 13.1. The molecule has 113 heavy (non-hydrogen) atoms. The van der Waals surface area contributed by atoms with Crippen molar-refractivity contribution in [2.75, 3.05) is 46.2 Å². The van der Waals surface area contributed by atoms with E-state index >= 15 is 0 Å². The van der Waals surface area contributed by atoms with Crippen molar-refractivity contribution >= 4 is 34.1 Å². The third-order valence-corrected chi connectivity index (χ3v) is 20.5. The fourth-order valence-corrected chi connectivity index (χ4v) is 14.4. The van der Waals surface area contributed by atoms with E-state index in [0.717, 1.165) is 27.7 Å². The zero-order valence-electron chi connectivity index (χ0n) is 59.8. The normalized spacial score (nSPS) is 48.8. The zero-order chi connectivity index (χ0) is 83.6. The van der Waals surface area contributed by atoms with Crippen molar-refractivity contribution in [2.24, 2.45) is 0 Å². The van der Waals surface area contributed by atoms with Gasteiger partial charge in [0.2, 0.25) is 17.7 Å². The van der Waals surface area contributed by atoms with Crippen molar-refractivity contribution in [3.8, 4) is 0 Å². The summed E-state index contributed by atoms with van der Waals surface area (Å²) in [7, 11) is -5.25. The van der Waals surface area contributed by atoms with Gasteiger partial charge in [-0.25, -0.2) is 8.98 Å². The number of hydrogen-bond donors (Lipinski definition) is 28. The molecule has 0 aliphatic carbocycles. The minimum Gasteiger partial charge on any atom is -0.479 e. The van der Waals surface area contributed by atoms with Crippen molar-refractivity contribution < 1.29 is 239 Å². The first-order valence-electron chi connectivity index (χ1n) is 35.1. The Morgan fingerprint density at radius 3 is 1.25 bits per heavy atom. The molecule has 9 fully saturated rings.